The number of nitrogens with zero attached hydrogens (tertiary/aromatic N) is 8. The van der Waals surface area contributed by atoms with E-state index in [0.29, 0.717) is 89.0 Å². The van der Waals surface area contributed by atoms with Crippen LogP contribution in [-0.4, -0.2) is 111 Å². The van der Waals surface area contributed by atoms with Crippen molar-refractivity contribution in [3.63, 3.8) is 0 Å². The third-order valence-corrected chi connectivity index (χ3v) is 18.5. The molecule has 7 aromatic heterocycles. The molecule has 8 N–H and O–H groups in total. The molecule has 21 nitrogen and oxygen atoms in total. The summed E-state index contributed by atoms with van der Waals surface area (Å²) >= 11 is 7.27. The number of nitrogens with one attached hydrogen (secondary N) is 2. The van der Waals surface area contributed by atoms with Gasteiger partial charge in [-0.3, -0.25) is 28.8 Å². The third-order valence-electron chi connectivity index (χ3n) is 13.0. The van der Waals surface area contributed by atoms with E-state index in [-0.39, 0.29) is 71.6 Å². The number of amides is 5. The summed E-state index contributed by atoms with van der Waals surface area (Å²) in [6, 6.07) is 7.77. The fraction of sp³-hybridized carbons (Fsp3) is 0.288. The summed E-state index contributed by atoms with van der Waals surface area (Å²) in [7, 11) is 0. The van der Waals surface area contributed by atoms with Gasteiger partial charge in [-0.25, -0.2) is 34.9 Å². The number of hydrogen-bond donors (Lipinski definition) is 6. The molecule has 9 heterocycles. The van der Waals surface area contributed by atoms with Gasteiger partial charge in [0.05, 0.1) is 47.7 Å². The lowest BCUT2D eigenvalue weighted by Gasteiger charge is -2.29. The van der Waals surface area contributed by atoms with Gasteiger partial charge in [0.25, 0.3) is 17.7 Å². The lowest BCUT2D eigenvalue weighted by molar-refractivity contribution is -0.134. The number of aliphatic hydroxyl groups is 2. The molecule has 10 bridgehead atoms. The molecule has 0 aliphatic carbocycles. The van der Waals surface area contributed by atoms with Gasteiger partial charge >= 0.3 is 0 Å². The number of nitrogens with two attached hydrogens (primary N) is 2. The summed E-state index contributed by atoms with van der Waals surface area (Å²) in [6.07, 6.45) is -0.0910. The molecule has 406 valence electrons. The van der Waals surface area contributed by atoms with E-state index in [1.54, 1.807) is 64.4 Å². The van der Waals surface area contributed by atoms with Gasteiger partial charge in [0.2, 0.25) is 11.8 Å². The van der Waals surface area contributed by atoms with Gasteiger partial charge in [-0.2, -0.15) is 0 Å². The summed E-state index contributed by atoms with van der Waals surface area (Å²) in [5.41, 5.74) is 14.4. The zero-order valence-electron chi connectivity index (χ0n) is 42.0. The molecule has 0 spiro atoms. The first-order valence-corrected chi connectivity index (χ1v) is 29.7. The number of benzene rings is 1. The van der Waals surface area contributed by atoms with Gasteiger partial charge in [0, 0.05) is 75.5 Å². The molecule has 1 fully saturated rings. The van der Waals surface area contributed by atoms with Crippen LogP contribution in [0.15, 0.2) is 75.6 Å². The Labute approximate surface area is 474 Å². The maximum Gasteiger partial charge on any atom is 0.271 e. The number of fused-ring (bicyclic) bond motifs is 16. The standard InChI is InChI=1S/C52H48N12O9S6/c1-23(65)5-4-14-73-27-8-6-26(7-9-27)15-31-52(72)64-17-38(67)24(2)43(64)51-62-36(22-78-51)49-59-32(18-76-49)42-28(10-11-29(56-42)48-60-33(19-77-48)44(54)69)47-61-35(21-75-47)46(71)57-30(16-39(53)68)50-63-41(25(3)79-50)37(66)12-13-40-55-34(20-74-40)45(70)58-31/h6-11,18-22,24,30-31,38,43,65,67H,1,4-5,12-17H2,2-3H3,(H2,53,68)(H2,54,69)(H,57,71)(H,58,70)/t24-,30-,31-,38-,43-/m0/s1. The molecule has 0 radical (unpaired) electrons. The number of thiazole rings is 6. The van der Waals surface area contributed by atoms with E-state index >= 15 is 4.79 Å². The third kappa shape index (κ3) is 12.2. The van der Waals surface area contributed by atoms with E-state index in [1.165, 1.54) is 62.1 Å². The van der Waals surface area contributed by atoms with Crippen molar-refractivity contribution < 1.29 is 43.7 Å². The molecule has 8 aromatic rings. The second-order valence-electron chi connectivity index (χ2n) is 18.6. The average molecular weight is 1180 g/mol. The molecule has 1 saturated heterocycles. The van der Waals surface area contributed by atoms with Gasteiger partial charge in [0.15, 0.2) is 5.78 Å². The van der Waals surface area contributed by atoms with Gasteiger partial charge in [-0.15, -0.1) is 68.0 Å². The van der Waals surface area contributed by atoms with E-state index in [1.807, 2.05) is 12.3 Å². The van der Waals surface area contributed by atoms with Crippen LogP contribution in [-0.2, 0) is 22.4 Å². The van der Waals surface area contributed by atoms with Gasteiger partial charge in [-0.1, -0.05) is 25.6 Å². The van der Waals surface area contributed by atoms with Gasteiger partial charge in [0.1, 0.15) is 76.7 Å². The topological polar surface area (TPSA) is 322 Å². The lowest BCUT2D eigenvalue weighted by atomic mass is 10.00. The predicted octanol–water partition coefficient (Wildman–Crippen LogP) is 7.52. The molecular formula is C52H48N12O9S6. The molecule has 79 heavy (non-hydrogen) atoms. The first kappa shape index (κ1) is 54.8. The normalized spacial score (nSPS) is 18.9. The molecule has 2 aliphatic heterocycles. The van der Waals surface area contributed by atoms with Crippen LogP contribution in [0.4, 0.5) is 0 Å². The van der Waals surface area contributed by atoms with Crippen molar-refractivity contribution in [1.29, 1.82) is 0 Å². The van der Waals surface area contributed by atoms with Gasteiger partial charge in [-0.05, 0) is 43.2 Å². The Morgan fingerprint density at radius 1 is 0.747 bits per heavy atom. The number of rotatable bonds is 11. The number of ketones is 1. The summed E-state index contributed by atoms with van der Waals surface area (Å²) in [5, 5.41) is 37.6. The van der Waals surface area contributed by atoms with Crippen LogP contribution >= 0.6 is 68.0 Å². The fourth-order valence-corrected chi connectivity index (χ4v) is 14.2. The number of primary amides is 2. The quantitative estimate of drug-likeness (QED) is 0.0538. The number of aryl methyl sites for hydroxylation is 2. The van der Waals surface area contributed by atoms with Crippen LogP contribution in [0.25, 0.3) is 43.4 Å². The maximum atomic E-state index is 15.1. The number of carbonyl (C=O) groups is 6. The van der Waals surface area contributed by atoms with Crippen LogP contribution in [0, 0.1) is 12.8 Å². The molecule has 5 atom stereocenters. The van der Waals surface area contributed by atoms with Crippen LogP contribution in [0.1, 0.15) is 112 Å². The van der Waals surface area contributed by atoms with E-state index in [2.05, 4.69) is 32.2 Å². The van der Waals surface area contributed by atoms with Crippen molar-refractivity contribution in [3.05, 3.63) is 124 Å². The van der Waals surface area contributed by atoms with Crippen molar-refractivity contribution in [3.8, 4) is 49.1 Å². The van der Waals surface area contributed by atoms with E-state index in [4.69, 9.17) is 36.1 Å². The first-order valence-electron chi connectivity index (χ1n) is 24.5. The minimum Gasteiger partial charge on any atom is -0.513 e. The number of aliphatic hydroxyl groups excluding tert-OH is 2. The monoisotopic (exact) mass is 1180 g/mol. The SMILES string of the molecule is C=C(O)CCCOc1ccc(C[C@@H]2NC(=O)c3csc(n3)CCC(=O)c3nc(sc3C)[C@H](CC(N)=O)NC(=O)c3csc(n3)-c3ccc(-c4nc(C(N)=O)cs4)nc3-c3csc(n3)-c3csc(n3)[C@@H]3[C@@H](C)[C@@H](O)CN3C2=O)cc1. The van der Waals surface area contributed by atoms with E-state index < -0.39 is 59.7 Å². The maximum absolute atomic E-state index is 15.1. The number of aromatic nitrogens is 7. The van der Waals surface area contributed by atoms with Crippen LogP contribution in [0.3, 0.4) is 0 Å². The van der Waals surface area contributed by atoms with Crippen LogP contribution in [0.5, 0.6) is 5.75 Å². The molecule has 5 amide bonds. The van der Waals surface area contributed by atoms with E-state index in [9.17, 15) is 34.2 Å². The molecular weight excluding hydrogens is 1130 g/mol. The molecule has 27 heteroatoms. The second kappa shape index (κ2) is 23.4. The highest BCUT2D eigenvalue weighted by molar-refractivity contribution is 7.15. The number of Topliss-reactive ketones (excluding diaryl/α,β-unsaturated/α-hetero) is 1. The molecule has 0 saturated carbocycles. The Hall–Kier alpha value is -7.53. The average Bonchev–Trinajstić information content (AvgIpc) is 4.49. The first-order chi connectivity index (χ1) is 38.0. The number of pyridine rings is 1. The Bertz CT molecular complexity index is 3660. The van der Waals surface area contributed by atoms with Crippen LogP contribution < -0.4 is 26.8 Å². The Kier molecular flexibility index (Phi) is 16.3. The fourth-order valence-electron chi connectivity index (χ4n) is 8.92. The minimum absolute atomic E-state index is 0.0260. The Morgan fingerprint density at radius 3 is 2.18 bits per heavy atom. The van der Waals surface area contributed by atoms with Crippen LogP contribution in [0.2, 0.25) is 0 Å². The molecule has 1 aromatic carbocycles. The predicted molar refractivity (Wildman–Crippen MR) is 300 cm³/mol. The van der Waals surface area contributed by atoms with Crippen molar-refractivity contribution in [2.75, 3.05) is 13.2 Å². The number of allylic oxidation sites excluding steroid dienone is 1. The van der Waals surface area contributed by atoms with Crippen molar-refractivity contribution in [1.82, 2.24) is 50.4 Å². The summed E-state index contributed by atoms with van der Waals surface area (Å²) in [4.78, 5) is 117. The summed E-state index contributed by atoms with van der Waals surface area (Å²) in [5.74, 6) is -3.26. The van der Waals surface area contributed by atoms with Crippen molar-refractivity contribution >= 4 is 103 Å². The summed E-state index contributed by atoms with van der Waals surface area (Å²) < 4.78 is 5.85. The Balaban J connectivity index is 1.03. The highest BCUT2D eigenvalue weighted by Gasteiger charge is 2.45. The number of hydrogen-bond acceptors (Lipinski definition) is 22. The largest absolute Gasteiger partial charge is 0.513 e. The zero-order valence-corrected chi connectivity index (χ0v) is 46.9. The van der Waals surface area contributed by atoms with Gasteiger partial charge < -0.3 is 42.0 Å². The molecule has 0 unspecified atom stereocenters. The number of ether oxygens (including phenoxy) is 1. The van der Waals surface area contributed by atoms with Crippen molar-refractivity contribution in [2.24, 2.45) is 17.4 Å². The molecule has 10 rings (SSSR count). The van der Waals surface area contributed by atoms with Crippen molar-refractivity contribution in [2.45, 2.75) is 76.6 Å². The highest BCUT2D eigenvalue weighted by Crippen LogP contribution is 2.42. The smallest absolute Gasteiger partial charge is 0.271 e. The lowest BCUT2D eigenvalue weighted by Crippen LogP contribution is -2.50. The zero-order chi connectivity index (χ0) is 55.6. The molecule has 2 aliphatic rings. The minimum atomic E-state index is -1.14. The summed E-state index contributed by atoms with van der Waals surface area (Å²) in [6.45, 7) is 7.38. The second-order valence-corrected chi connectivity index (χ2v) is 24.2. The Morgan fingerprint density at radius 2 is 1.43 bits per heavy atom. The highest BCUT2D eigenvalue weighted by atomic mass is 32.1. The van der Waals surface area contributed by atoms with E-state index in [0.717, 1.165) is 11.3 Å². The number of carbonyl (C=O) groups excluding carboxylic acids is 6.